The lowest BCUT2D eigenvalue weighted by Gasteiger charge is -2.16. The van der Waals surface area contributed by atoms with Gasteiger partial charge in [-0.1, -0.05) is 42.5 Å². The maximum absolute atomic E-state index is 12.8. The average Bonchev–Trinajstić information content (AvgIpc) is 2.89. The largest absolute Gasteiger partial charge is 0.490 e. The van der Waals surface area contributed by atoms with E-state index in [1.54, 1.807) is 12.3 Å². The Bertz CT molecular complexity index is 1380. The molecule has 204 valence electrons. The first-order chi connectivity index (χ1) is 18.3. The summed E-state index contributed by atoms with van der Waals surface area (Å²) in [6, 6.07) is 23.1. The van der Waals surface area contributed by atoms with Crippen LogP contribution in [0, 0.1) is 0 Å². The predicted octanol–water partition coefficient (Wildman–Crippen LogP) is 6.83. The molecule has 7 nitrogen and oxygen atoms in total. The third-order valence-electron chi connectivity index (χ3n) is 5.00. The van der Waals surface area contributed by atoms with Crippen molar-refractivity contribution in [1.82, 2.24) is 9.97 Å². The quantitative estimate of drug-likeness (QED) is 0.195. The molecule has 0 aliphatic heterocycles. The number of hydrogen-bond donors (Lipinski definition) is 4. The predicted molar refractivity (Wildman–Crippen MR) is 134 cm³/mol. The standard InChI is InChI=1S/C24H20F3N5.C2HF3O2/c25-24(26,27)22(28)16-9-11-19(12-10-16)31-23-29-14-13-21(32-23)17-5-4-8-20(15-17)30-18-6-2-1-3-7-18;3-2(4,5)1(6)7/h1-15,22,30H,28H2,(H,29,31,32);(H,6,7). The zero-order chi connectivity index (χ0) is 28.6. The van der Waals surface area contributed by atoms with Gasteiger partial charge < -0.3 is 21.5 Å². The Morgan fingerprint density at radius 1 is 0.795 bits per heavy atom. The van der Waals surface area contributed by atoms with Crippen molar-refractivity contribution >= 4 is 29.0 Å². The number of aromatic nitrogens is 2. The number of para-hydroxylation sites is 1. The van der Waals surface area contributed by atoms with E-state index in [2.05, 4.69) is 20.6 Å². The summed E-state index contributed by atoms with van der Waals surface area (Å²) in [6.07, 6.45) is -7.95. The number of rotatable bonds is 6. The number of alkyl halides is 6. The van der Waals surface area contributed by atoms with Gasteiger partial charge in [-0.25, -0.2) is 14.8 Å². The van der Waals surface area contributed by atoms with Crippen LogP contribution in [0.1, 0.15) is 11.6 Å². The van der Waals surface area contributed by atoms with Crippen molar-refractivity contribution in [2.24, 2.45) is 5.73 Å². The molecule has 1 heterocycles. The fourth-order valence-electron chi connectivity index (χ4n) is 3.12. The Balaban J connectivity index is 0.000000532. The normalized spacial score (nSPS) is 12.1. The number of carbonyl (C=O) groups is 1. The third-order valence-corrected chi connectivity index (χ3v) is 5.00. The molecule has 0 bridgehead atoms. The molecule has 4 aromatic rings. The van der Waals surface area contributed by atoms with Crippen molar-refractivity contribution in [1.29, 1.82) is 0 Å². The first-order valence-corrected chi connectivity index (χ1v) is 11.1. The van der Waals surface area contributed by atoms with Crippen molar-refractivity contribution in [3.05, 3.63) is 96.7 Å². The highest BCUT2D eigenvalue weighted by Crippen LogP contribution is 2.31. The van der Waals surface area contributed by atoms with Gasteiger partial charge in [0.15, 0.2) is 0 Å². The fraction of sp³-hybridized carbons (Fsp3) is 0.115. The van der Waals surface area contributed by atoms with Gasteiger partial charge in [-0.05, 0) is 48.0 Å². The molecule has 0 amide bonds. The highest BCUT2D eigenvalue weighted by atomic mass is 19.4. The molecule has 0 fully saturated rings. The number of carboxylic acid groups (broad SMARTS) is 1. The molecule has 0 saturated heterocycles. The molecule has 39 heavy (non-hydrogen) atoms. The first kappa shape index (κ1) is 28.9. The maximum Gasteiger partial charge on any atom is 0.490 e. The Labute approximate surface area is 218 Å². The molecule has 0 saturated carbocycles. The number of hydrogen-bond acceptors (Lipinski definition) is 6. The maximum atomic E-state index is 12.8. The van der Waals surface area contributed by atoms with Crippen molar-refractivity contribution in [3.8, 4) is 11.3 Å². The van der Waals surface area contributed by atoms with E-state index >= 15 is 0 Å². The summed E-state index contributed by atoms with van der Waals surface area (Å²) in [7, 11) is 0. The molecule has 3 aromatic carbocycles. The van der Waals surface area contributed by atoms with E-state index in [4.69, 9.17) is 15.6 Å². The summed E-state index contributed by atoms with van der Waals surface area (Å²) in [5.41, 5.74) is 9.27. The lowest BCUT2D eigenvalue weighted by atomic mass is 10.1. The van der Waals surface area contributed by atoms with Gasteiger partial charge in [0.2, 0.25) is 5.95 Å². The lowest BCUT2D eigenvalue weighted by Crippen LogP contribution is -2.28. The second kappa shape index (κ2) is 12.3. The van der Waals surface area contributed by atoms with E-state index in [1.807, 2.05) is 54.6 Å². The minimum atomic E-state index is -5.08. The van der Waals surface area contributed by atoms with Gasteiger partial charge in [-0.2, -0.15) is 26.3 Å². The van der Waals surface area contributed by atoms with Gasteiger partial charge >= 0.3 is 18.3 Å². The van der Waals surface area contributed by atoms with Crippen LogP contribution in [0.5, 0.6) is 0 Å². The molecule has 0 spiro atoms. The van der Waals surface area contributed by atoms with Crippen molar-refractivity contribution in [2.45, 2.75) is 18.4 Å². The van der Waals surface area contributed by atoms with Crippen molar-refractivity contribution in [2.75, 3.05) is 10.6 Å². The molecule has 0 aliphatic rings. The molecule has 13 heteroatoms. The number of halogens is 6. The van der Waals surface area contributed by atoms with E-state index in [0.29, 0.717) is 17.3 Å². The molecule has 5 N–H and O–H groups in total. The van der Waals surface area contributed by atoms with Crippen LogP contribution < -0.4 is 16.4 Å². The van der Waals surface area contributed by atoms with Gasteiger partial charge in [0.05, 0.1) is 5.69 Å². The van der Waals surface area contributed by atoms with Crippen LogP contribution in [0.4, 0.5) is 49.4 Å². The summed E-state index contributed by atoms with van der Waals surface area (Å²) in [6.45, 7) is 0. The number of nitrogens with two attached hydrogens (primary N) is 1. The molecule has 4 rings (SSSR count). The number of benzene rings is 3. The van der Waals surface area contributed by atoms with Crippen LogP contribution in [0.25, 0.3) is 11.3 Å². The first-order valence-electron chi connectivity index (χ1n) is 11.1. The zero-order valence-electron chi connectivity index (χ0n) is 19.8. The number of carboxylic acids is 1. The summed E-state index contributed by atoms with van der Waals surface area (Å²) in [5.74, 6) is -2.43. The number of nitrogens with zero attached hydrogens (tertiary/aromatic N) is 2. The van der Waals surface area contributed by atoms with Crippen LogP contribution in [0.3, 0.4) is 0 Å². The zero-order valence-corrected chi connectivity index (χ0v) is 19.8. The molecule has 0 radical (unpaired) electrons. The summed E-state index contributed by atoms with van der Waals surface area (Å²) in [4.78, 5) is 17.6. The van der Waals surface area contributed by atoms with Crippen molar-refractivity contribution in [3.63, 3.8) is 0 Å². The highest BCUT2D eigenvalue weighted by molar-refractivity contribution is 5.73. The Morgan fingerprint density at radius 3 is 1.97 bits per heavy atom. The second-order valence-corrected chi connectivity index (χ2v) is 7.91. The molecular formula is C26H21F6N5O2. The van der Waals surface area contributed by atoms with Crippen LogP contribution in [-0.4, -0.2) is 33.4 Å². The number of anilines is 4. The van der Waals surface area contributed by atoms with Gasteiger partial charge in [0.25, 0.3) is 0 Å². The smallest absolute Gasteiger partial charge is 0.475 e. The van der Waals surface area contributed by atoms with Gasteiger partial charge in [0, 0.05) is 28.8 Å². The van der Waals surface area contributed by atoms with Crippen LogP contribution >= 0.6 is 0 Å². The Morgan fingerprint density at radius 2 is 1.38 bits per heavy atom. The Hall–Kier alpha value is -4.65. The number of nitrogens with one attached hydrogen (secondary N) is 2. The van der Waals surface area contributed by atoms with E-state index in [0.717, 1.165) is 16.9 Å². The average molecular weight is 549 g/mol. The lowest BCUT2D eigenvalue weighted by molar-refractivity contribution is -0.192. The van der Waals surface area contributed by atoms with Crippen LogP contribution in [-0.2, 0) is 4.79 Å². The molecule has 0 aliphatic carbocycles. The van der Waals surface area contributed by atoms with Gasteiger partial charge in [-0.3, -0.25) is 0 Å². The van der Waals surface area contributed by atoms with Crippen LogP contribution in [0.2, 0.25) is 0 Å². The third kappa shape index (κ3) is 8.71. The Kier molecular flexibility index (Phi) is 9.09. The van der Waals surface area contributed by atoms with E-state index in [-0.39, 0.29) is 5.56 Å². The minimum absolute atomic E-state index is 0.0135. The minimum Gasteiger partial charge on any atom is -0.475 e. The highest BCUT2D eigenvalue weighted by Gasteiger charge is 2.38. The summed E-state index contributed by atoms with van der Waals surface area (Å²) < 4.78 is 70.1. The van der Waals surface area contributed by atoms with Gasteiger partial charge in [0.1, 0.15) is 6.04 Å². The topological polar surface area (TPSA) is 113 Å². The monoisotopic (exact) mass is 549 g/mol. The van der Waals surface area contributed by atoms with E-state index < -0.39 is 24.4 Å². The SMILES string of the molecule is NC(c1ccc(Nc2nccc(-c3cccc(Nc4ccccc4)c3)n2)cc1)C(F)(F)F.O=C(O)C(F)(F)F. The molecular weight excluding hydrogens is 528 g/mol. The molecule has 1 aromatic heterocycles. The summed E-state index contributed by atoms with van der Waals surface area (Å²) in [5, 5.41) is 13.5. The molecule has 1 unspecified atom stereocenters. The molecule has 1 atom stereocenters. The summed E-state index contributed by atoms with van der Waals surface area (Å²) >= 11 is 0. The fourth-order valence-corrected chi connectivity index (χ4v) is 3.12. The van der Waals surface area contributed by atoms with E-state index in [9.17, 15) is 26.3 Å². The second-order valence-electron chi connectivity index (χ2n) is 7.91. The van der Waals surface area contributed by atoms with Gasteiger partial charge in [-0.15, -0.1) is 0 Å². The van der Waals surface area contributed by atoms with E-state index in [1.165, 1.54) is 24.3 Å². The van der Waals surface area contributed by atoms with Crippen molar-refractivity contribution < 1.29 is 36.2 Å². The number of aliphatic carboxylic acids is 1. The van der Waals surface area contributed by atoms with Crippen LogP contribution in [0.15, 0.2) is 91.1 Å².